The molecule has 0 bridgehead atoms. The van der Waals surface area contributed by atoms with Crippen molar-refractivity contribution >= 4 is 11.9 Å². The summed E-state index contributed by atoms with van der Waals surface area (Å²) < 4.78 is 0. The maximum Gasteiger partial charge on any atom is 0.317 e. The fourth-order valence-corrected chi connectivity index (χ4v) is 3.36. The van der Waals surface area contributed by atoms with Gasteiger partial charge >= 0.3 is 5.97 Å². The van der Waals surface area contributed by atoms with Gasteiger partial charge in [-0.05, 0) is 49.4 Å². The van der Waals surface area contributed by atoms with E-state index < -0.39 is 5.97 Å². The van der Waals surface area contributed by atoms with Gasteiger partial charge in [-0.2, -0.15) is 0 Å². The highest BCUT2D eigenvalue weighted by molar-refractivity contribution is 5.94. The van der Waals surface area contributed by atoms with Gasteiger partial charge in [-0.1, -0.05) is 32.9 Å². The van der Waals surface area contributed by atoms with Crippen molar-refractivity contribution in [3.8, 4) is 0 Å². The molecule has 138 valence electrons. The summed E-state index contributed by atoms with van der Waals surface area (Å²) in [5.41, 5.74) is 2.02. The molecule has 1 aromatic carbocycles. The third kappa shape index (κ3) is 5.30. The van der Waals surface area contributed by atoms with Crippen LogP contribution in [-0.2, 0) is 10.2 Å². The van der Waals surface area contributed by atoms with Crippen molar-refractivity contribution in [1.29, 1.82) is 0 Å². The molecular weight excluding hydrogens is 316 g/mol. The van der Waals surface area contributed by atoms with E-state index in [0.717, 1.165) is 31.4 Å². The molecule has 0 aromatic heterocycles. The maximum atomic E-state index is 12.8. The Balaban J connectivity index is 2.00. The number of hydrogen-bond donors (Lipinski definition) is 1. The number of carboxylic acids is 1. The minimum Gasteiger partial charge on any atom is -0.480 e. The van der Waals surface area contributed by atoms with Crippen molar-refractivity contribution < 1.29 is 14.7 Å². The molecule has 1 saturated heterocycles. The van der Waals surface area contributed by atoms with Gasteiger partial charge in [0.1, 0.15) is 0 Å². The second-order valence-electron chi connectivity index (χ2n) is 8.01. The largest absolute Gasteiger partial charge is 0.480 e. The zero-order chi connectivity index (χ0) is 18.6. The molecule has 1 atom stereocenters. The van der Waals surface area contributed by atoms with Crippen LogP contribution in [0, 0.1) is 0 Å². The fraction of sp³-hybridized carbons (Fsp3) is 0.600. The molecule has 1 fully saturated rings. The van der Waals surface area contributed by atoms with Crippen molar-refractivity contribution in [3.63, 3.8) is 0 Å². The predicted molar refractivity (Wildman–Crippen MR) is 99.0 cm³/mol. The van der Waals surface area contributed by atoms with Crippen molar-refractivity contribution in [3.05, 3.63) is 35.4 Å². The van der Waals surface area contributed by atoms with E-state index in [1.54, 1.807) is 0 Å². The number of likely N-dealkylation sites (tertiary alicyclic amines) is 1. The van der Waals surface area contributed by atoms with Crippen LogP contribution in [0.3, 0.4) is 0 Å². The highest BCUT2D eigenvalue weighted by Gasteiger charge is 2.25. The van der Waals surface area contributed by atoms with Crippen LogP contribution in [-0.4, -0.2) is 59.5 Å². The number of hydrogen-bond acceptors (Lipinski definition) is 3. The Kier molecular flexibility index (Phi) is 6.22. The van der Waals surface area contributed by atoms with Gasteiger partial charge in [-0.25, -0.2) is 0 Å². The number of carbonyl (C=O) groups excluding carboxylic acids is 1. The van der Waals surface area contributed by atoms with E-state index in [-0.39, 0.29) is 23.9 Å². The van der Waals surface area contributed by atoms with Crippen LogP contribution in [0.2, 0.25) is 0 Å². The molecule has 1 aromatic rings. The number of likely N-dealkylation sites (N-methyl/N-ethyl adjacent to an activating group) is 1. The zero-order valence-electron chi connectivity index (χ0n) is 15.8. The van der Waals surface area contributed by atoms with E-state index >= 15 is 0 Å². The second kappa shape index (κ2) is 8.00. The molecule has 5 nitrogen and oxygen atoms in total. The number of nitrogens with zero attached hydrogens (tertiary/aromatic N) is 2. The summed E-state index contributed by atoms with van der Waals surface area (Å²) in [4.78, 5) is 27.5. The van der Waals surface area contributed by atoms with Crippen LogP contribution >= 0.6 is 0 Å². The Hall–Kier alpha value is -1.88. The Morgan fingerprint density at radius 2 is 1.80 bits per heavy atom. The third-order valence-corrected chi connectivity index (χ3v) is 4.99. The minimum atomic E-state index is -0.807. The first kappa shape index (κ1) is 19.4. The minimum absolute atomic E-state index is 0.0485. The lowest BCUT2D eigenvalue weighted by Crippen LogP contribution is -2.37. The molecule has 1 N–H and O–H groups in total. The highest BCUT2D eigenvalue weighted by atomic mass is 16.4. The molecule has 0 radical (unpaired) electrons. The monoisotopic (exact) mass is 346 g/mol. The zero-order valence-corrected chi connectivity index (χ0v) is 15.8. The summed E-state index contributed by atoms with van der Waals surface area (Å²) in [6, 6.07) is 8.13. The molecule has 5 heteroatoms. The van der Waals surface area contributed by atoms with Crippen LogP contribution in [0.15, 0.2) is 24.3 Å². The SMILES string of the molecule is CN(CC(=O)O)C1CCCN(C(=O)c2ccc(C(C)(C)C)cc2)CC1. The van der Waals surface area contributed by atoms with Crippen LogP contribution in [0.25, 0.3) is 0 Å². The Labute approximate surface area is 150 Å². The number of aliphatic carboxylic acids is 1. The summed E-state index contributed by atoms with van der Waals surface area (Å²) in [5, 5.41) is 8.95. The number of rotatable bonds is 4. The van der Waals surface area contributed by atoms with E-state index in [1.807, 2.05) is 41.1 Å². The molecule has 0 spiro atoms. The Morgan fingerprint density at radius 1 is 1.16 bits per heavy atom. The Morgan fingerprint density at radius 3 is 2.36 bits per heavy atom. The van der Waals surface area contributed by atoms with Gasteiger partial charge in [0.15, 0.2) is 0 Å². The summed E-state index contributed by atoms with van der Waals surface area (Å²) in [7, 11) is 1.85. The van der Waals surface area contributed by atoms with Gasteiger partial charge in [0.05, 0.1) is 6.54 Å². The number of carbonyl (C=O) groups is 2. The highest BCUT2D eigenvalue weighted by Crippen LogP contribution is 2.23. The van der Waals surface area contributed by atoms with Gasteiger partial charge in [0, 0.05) is 24.7 Å². The Bertz CT molecular complexity index is 604. The second-order valence-corrected chi connectivity index (χ2v) is 8.01. The van der Waals surface area contributed by atoms with Crippen LogP contribution < -0.4 is 0 Å². The summed E-state index contributed by atoms with van der Waals surface area (Å²) in [6.07, 6.45) is 2.65. The fourth-order valence-electron chi connectivity index (χ4n) is 3.36. The number of benzene rings is 1. The topological polar surface area (TPSA) is 60.9 Å². The van der Waals surface area contributed by atoms with Gasteiger partial charge in [-0.15, -0.1) is 0 Å². The van der Waals surface area contributed by atoms with E-state index in [0.29, 0.717) is 6.54 Å². The predicted octanol–water partition coefficient (Wildman–Crippen LogP) is 3.00. The molecule has 25 heavy (non-hydrogen) atoms. The first-order chi connectivity index (χ1) is 11.7. The lowest BCUT2D eigenvalue weighted by atomic mass is 9.86. The average Bonchev–Trinajstić information content (AvgIpc) is 2.79. The van der Waals surface area contributed by atoms with Gasteiger partial charge in [0.25, 0.3) is 5.91 Å². The maximum absolute atomic E-state index is 12.8. The standard InChI is InChI=1S/C20H30N2O3/c1-20(2,3)16-9-7-15(8-10-16)19(25)22-12-5-6-17(11-13-22)21(4)14-18(23)24/h7-10,17H,5-6,11-14H2,1-4H3,(H,23,24). The first-order valence-electron chi connectivity index (χ1n) is 9.00. The van der Waals surface area contributed by atoms with Crippen LogP contribution in [0.1, 0.15) is 56.0 Å². The number of carboxylic acid groups (broad SMARTS) is 1. The number of amides is 1. The van der Waals surface area contributed by atoms with Gasteiger partial charge < -0.3 is 10.0 Å². The van der Waals surface area contributed by atoms with E-state index in [9.17, 15) is 9.59 Å². The van der Waals surface area contributed by atoms with Crippen LogP contribution in [0.5, 0.6) is 0 Å². The molecule has 1 heterocycles. The normalized spacial score (nSPS) is 18.9. The van der Waals surface area contributed by atoms with Crippen molar-refractivity contribution in [1.82, 2.24) is 9.80 Å². The summed E-state index contributed by atoms with van der Waals surface area (Å²) >= 11 is 0. The first-order valence-corrected chi connectivity index (χ1v) is 9.00. The molecule has 1 aliphatic rings. The lowest BCUT2D eigenvalue weighted by Gasteiger charge is -2.25. The van der Waals surface area contributed by atoms with Gasteiger partial charge in [-0.3, -0.25) is 14.5 Å². The lowest BCUT2D eigenvalue weighted by molar-refractivity contribution is -0.138. The molecule has 1 amide bonds. The van der Waals surface area contributed by atoms with Crippen molar-refractivity contribution in [2.45, 2.75) is 51.5 Å². The average molecular weight is 346 g/mol. The van der Waals surface area contributed by atoms with E-state index in [1.165, 1.54) is 5.56 Å². The summed E-state index contributed by atoms with van der Waals surface area (Å²) in [6.45, 7) is 7.93. The summed E-state index contributed by atoms with van der Waals surface area (Å²) in [5.74, 6) is -0.736. The van der Waals surface area contributed by atoms with Crippen LogP contribution in [0.4, 0.5) is 0 Å². The van der Waals surface area contributed by atoms with Crippen molar-refractivity contribution in [2.24, 2.45) is 0 Å². The quantitative estimate of drug-likeness (QED) is 0.910. The smallest absolute Gasteiger partial charge is 0.317 e. The third-order valence-electron chi connectivity index (χ3n) is 4.99. The van der Waals surface area contributed by atoms with Gasteiger partial charge in [0.2, 0.25) is 0 Å². The van der Waals surface area contributed by atoms with E-state index in [2.05, 4.69) is 20.8 Å². The molecular formula is C20H30N2O3. The molecule has 2 rings (SSSR count). The molecule has 0 aliphatic carbocycles. The molecule has 1 unspecified atom stereocenters. The molecule has 1 aliphatic heterocycles. The van der Waals surface area contributed by atoms with Crippen molar-refractivity contribution in [2.75, 3.05) is 26.7 Å². The molecule has 0 saturated carbocycles. The van der Waals surface area contributed by atoms with E-state index in [4.69, 9.17) is 5.11 Å².